The van der Waals surface area contributed by atoms with Gasteiger partial charge in [-0.05, 0) is 42.9 Å². The normalized spacial score (nSPS) is 16.1. The molecule has 24 heavy (non-hydrogen) atoms. The minimum atomic E-state index is -0.699. The summed E-state index contributed by atoms with van der Waals surface area (Å²) in [4.78, 5) is 24.8. The lowest BCUT2D eigenvalue weighted by Crippen LogP contribution is -2.20. The standard InChI is InChI=1S/C17H16N2O4S/c1-10-4-5-11-12(8-18)16(24-14(11)7-10)19-15(20)9-23-17(21)13-3-2-6-22-13/h2-3,6,10H,4-5,7,9H2,1H3,(H,19,20)/t10-/m1/s1. The fourth-order valence-corrected chi connectivity index (χ4v) is 4.09. The molecule has 2 aromatic rings. The van der Waals surface area contributed by atoms with Crippen LogP contribution in [0.5, 0.6) is 0 Å². The Kier molecular flexibility index (Phi) is 4.67. The number of carbonyl (C=O) groups is 2. The van der Waals surface area contributed by atoms with E-state index < -0.39 is 18.5 Å². The van der Waals surface area contributed by atoms with Crippen molar-refractivity contribution in [2.75, 3.05) is 11.9 Å². The van der Waals surface area contributed by atoms with Gasteiger partial charge in [0.05, 0.1) is 11.8 Å². The maximum Gasteiger partial charge on any atom is 0.374 e. The third-order valence-electron chi connectivity index (χ3n) is 3.93. The Balaban J connectivity index is 1.64. The summed E-state index contributed by atoms with van der Waals surface area (Å²) in [5.41, 5.74) is 1.58. The van der Waals surface area contributed by atoms with Crippen molar-refractivity contribution < 1.29 is 18.7 Å². The molecule has 1 aliphatic carbocycles. The van der Waals surface area contributed by atoms with Gasteiger partial charge in [-0.3, -0.25) is 4.79 Å². The van der Waals surface area contributed by atoms with Crippen molar-refractivity contribution in [1.29, 1.82) is 5.26 Å². The van der Waals surface area contributed by atoms with Gasteiger partial charge in [-0.15, -0.1) is 11.3 Å². The molecule has 1 aliphatic rings. The van der Waals surface area contributed by atoms with E-state index >= 15 is 0 Å². The highest BCUT2D eigenvalue weighted by Gasteiger charge is 2.25. The van der Waals surface area contributed by atoms with Gasteiger partial charge in [0.2, 0.25) is 5.76 Å². The fraction of sp³-hybridized carbons (Fsp3) is 0.353. The Morgan fingerprint density at radius 2 is 2.38 bits per heavy atom. The average Bonchev–Trinajstić information content (AvgIpc) is 3.19. The summed E-state index contributed by atoms with van der Waals surface area (Å²) in [6.45, 7) is 1.75. The first-order chi connectivity index (χ1) is 11.6. The smallest absolute Gasteiger partial charge is 0.374 e. The third-order valence-corrected chi connectivity index (χ3v) is 5.10. The number of fused-ring (bicyclic) bond motifs is 1. The monoisotopic (exact) mass is 344 g/mol. The van der Waals surface area contributed by atoms with Crippen LogP contribution < -0.4 is 5.32 Å². The quantitative estimate of drug-likeness (QED) is 0.860. The van der Waals surface area contributed by atoms with E-state index in [0.717, 1.165) is 29.7 Å². The van der Waals surface area contributed by atoms with Crippen LogP contribution in [0.4, 0.5) is 5.00 Å². The predicted octanol–water partition coefficient (Wildman–Crippen LogP) is 3.13. The van der Waals surface area contributed by atoms with Crippen molar-refractivity contribution in [2.24, 2.45) is 5.92 Å². The molecule has 1 amide bonds. The largest absolute Gasteiger partial charge is 0.457 e. The molecule has 2 aromatic heterocycles. The zero-order valence-electron chi connectivity index (χ0n) is 13.1. The summed E-state index contributed by atoms with van der Waals surface area (Å²) in [6, 6.07) is 5.21. The summed E-state index contributed by atoms with van der Waals surface area (Å²) in [7, 11) is 0. The lowest BCUT2D eigenvalue weighted by molar-refractivity contribution is -0.119. The number of esters is 1. The van der Waals surface area contributed by atoms with Gasteiger partial charge in [0.25, 0.3) is 5.91 Å². The number of ether oxygens (including phenoxy) is 1. The van der Waals surface area contributed by atoms with E-state index in [1.165, 1.54) is 23.7 Å². The Morgan fingerprint density at radius 1 is 1.54 bits per heavy atom. The molecule has 0 radical (unpaired) electrons. The van der Waals surface area contributed by atoms with Crippen molar-refractivity contribution in [1.82, 2.24) is 0 Å². The van der Waals surface area contributed by atoms with Crippen molar-refractivity contribution in [3.63, 3.8) is 0 Å². The molecule has 0 bridgehead atoms. The fourth-order valence-electron chi connectivity index (χ4n) is 2.72. The molecule has 3 rings (SSSR count). The van der Waals surface area contributed by atoms with E-state index in [1.807, 2.05) is 0 Å². The molecule has 0 fully saturated rings. The molecule has 124 valence electrons. The van der Waals surface area contributed by atoms with E-state index in [4.69, 9.17) is 9.15 Å². The second-order valence-corrected chi connectivity index (χ2v) is 6.87. The first-order valence-corrected chi connectivity index (χ1v) is 8.45. The summed E-state index contributed by atoms with van der Waals surface area (Å²) in [6.07, 6.45) is 4.19. The molecule has 2 heterocycles. The molecular weight excluding hydrogens is 328 g/mol. The minimum Gasteiger partial charge on any atom is -0.457 e. The van der Waals surface area contributed by atoms with E-state index in [0.29, 0.717) is 16.5 Å². The SMILES string of the molecule is C[C@@H]1CCc2c(sc(NC(=O)COC(=O)c3ccco3)c2C#N)C1. The molecule has 7 heteroatoms. The van der Waals surface area contributed by atoms with Crippen LogP contribution in [0.15, 0.2) is 22.8 Å². The van der Waals surface area contributed by atoms with Gasteiger partial charge in [-0.1, -0.05) is 6.92 Å². The predicted molar refractivity (Wildman–Crippen MR) is 87.8 cm³/mol. The van der Waals surface area contributed by atoms with Gasteiger partial charge in [0.15, 0.2) is 6.61 Å². The lowest BCUT2D eigenvalue weighted by atomic mass is 9.89. The van der Waals surface area contributed by atoms with Gasteiger partial charge in [-0.2, -0.15) is 5.26 Å². The number of nitriles is 1. The Hall–Kier alpha value is -2.59. The van der Waals surface area contributed by atoms with Crippen molar-refractivity contribution in [3.8, 4) is 6.07 Å². The zero-order valence-corrected chi connectivity index (χ0v) is 13.9. The number of rotatable bonds is 4. The molecule has 0 aromatic carbocycles. The van der Waals surface area contributed by atoms with Crippen molar-refractivity contribution >= 4 is 28.2 Å². The molecular formula is C17H16N2O4S. The van der Waals surface area contributed by atoms with Gasteiger partial charge >= 0.3 is 5.97 Å². The van der Waals surface area contributed by atoms with Gasteiger partial charge in [-0.25, -0.2) is 4.79 Å². The van der Waals surface area contributed by atoms with Crippen LogP contribution in [0.2, 0.25) is 0 Å². The zero-order chi connectivity index (χ0) is 17.1. The molecule has 0 spiro atoms. The Morgan fingerprint density at radius 3 is 3.08 bits per heavy atom. The van der Waals surface area contributed by atoms with E-state index in [9.17, 15) is 14.9 Å². The molecule has 1 atom stereocenters. The molecule has 6 nitrogen and oxygen atoms in total. The van der Waals surface area contributed by atoms with Crippen LogP contribution in [-0.4, -0.2) is 18.5 Å². The maximum absolute atomic E-state index is 12.0. The van der Waals surface area contributed by atoms with Crippen LogP contribution in [0.1, 0.15) is 39.9 Å². The topological polar surface area (TPSA) is 92.3 Å². The van der Waals surface area contributed by atoms with Crippen molar-refractivity contribution in [3.05, 3.63) is 40.2 Å². The molecule has 0 aliphatic heterocycles. The first-order valence-electron chi connectivity index (χ1n) is 7.63. The number of anilines is 1. The molecule has 0 unspecified atom stereocenters. The minimum absolute atomic E-state index is 0.0427. The van der Waals surface area contributed by atoms with Crippen LogP contribution in [-0.2, 0) is 22.4 Å². The Labute approximate surface area is 143 Å². The highest BCUT2D eigenvalue weighted by atomic mass is 32.1. The number of nitrogens with zero attached hydrogens (tertiary/aromatic N) is 1. The number of amides is 1. The van der Waals surface area contributed by atoms with Crippen LogP contribution in [0.25, 0.3) is 0 Å². The Bertz CT molecular complexity index is 801. The highest BCUT2D eigenvalue weighted by Crippen LogP contribution is 2.39. The third kappa shape index (κ3) is 3.34. The maximum atomic E-state index is 12.0. The lowest BCUT2D eigenvalue weighted by Gasteiger charge is -2.17. The summed E-state index contributed by atoms with van der Waals surface area (Å²) in [5.74, 6) is -0.547. The van der Waals surface area contributed by atoms with E-state index in [1.54, 1.807) is 6.07 Å². The number of hydrogen-bond acceptors (Lipinski definition) is 6. The number of carbonyl (C=O) groups excluding carboxylic acids is 2. The number of thiophene rings is 1. The van der Waals surface area contributed by atoms with Crippen LogP contribution >= 0.6 is 11.3 Å². The average molecular weight is 344 g/mol. The van der Waals surface area contributed by atoms with Gasteiger partial charge in [0, 0.05) is 4.88 Å². The second-order valence-electron chi connectivity index (χ2n) is 5.77. The summed E-state index contributed by atoms with van der Waals surface area (Å²) >= 11 is 1.44. The first kappa shape index (κ1) is 16.3. The van der Waals surface area contributed by atoms with Crippen molar-refractivity contribution in [2.45, 2.75) is 26.2 Å². The van der Waals surface area contributed by atoms with Crippen LogP contribution in [0, 0.1) is 17.2 Å². The van der Waals surface area contributed by atoms with E-state index in [2.05, 4.69) is 18.3 Å². The second kappa shape index (κ2) is 6.89. The summed E-state index contributed by atoms with van der Waals surface area (Å²) in [5, 5.41) is 12.6. The van der Waals surface area contributed by atoms with Crippen LogP contribution in [0.3, 0.4) is 0 Å². The van der Waals surface area contributed by atoms with Gasteiger partial charge < -0.3 is 14.5 Å². The number of hydrogen-bond donors (Lipinski definition) is 1. The summed E-state index contributed by atoms with van der Waals surface area (Å²) < 4.78 is 9.79. The van der Waals surface area contributed by atoms with E-state index in [-0.39, 0.29) is 5.76 Å². The number of furan rings is 1. The molecule has 0 saturated carbocycles. The molecule has 0 saturated heterocycles. The molecule has 1 N–H and O–H groups in total. The van der Waals surface area contributed by atoms with Gasteiger partial charge in [0.1, 0.15) is 11.1 Å². The number of nitrogens with one attached hydrogen (secondary N) is 1. The highest BCUT2D eigenvalue weighted by molar-refractivity contribution is 7.16.